The highest BCUT2D eigenvalue weighted by atomic mass is 19.4. The number of hydrogen-bond donors (Lipinski definition) is 0. The van der Waals surface area contributed by atoms with Gasteiger partial charge < -0.3 is 4.74 Å². The van der Waals surface area contributed by atoms with Crippen molar-refractivity contribution in [3.8, 4) is 5.75 Å². The van der Waals surface area contributed by atoms with Crippen LogP contribution in [0.15, 0.2) is 18.2 Å². The first kappa shape index (κ1) is 11.3. The van der Waals surface area contributed by atoms with Gasteiger partial charge in [0, 0.05) is 0 Å². The largest absolute Gasteiger partial charge is 0.490 e. The zero-order valence-corrected chi connectivity index (χ0v) is 8.97. The topological polar surface area (TPSA) is 9.23 Å². The zero-order valence-electron chi connectivity index (χ0n) is 8.97. The highest BCUT2D eigenvalue weighted by Gasteiger charge is 2.36. The second-order valence-corrected chi connectivity index (χ2v) is 4.00. The summed E-state index contributed by atoms with van der Waals surface area (Å²) >= 11 is 0. The van der Waals surface area contributed by atoms with Gasteiger partial charge in [-0.2, -0.15) is 13.2 Å². The van der Waals surface area contributed by atoms with E-state index in [0.29, 0.717) is 6.42 Å². The van der Waals surface area contributed by atoms with Crippen LogP contribution < -0.4 is 4.74 Å². The summed E-state index contributed by atoms with van der Waals surface area (Å²) in [7, 11) is 0. The minimum absolute atomic E-state index is 0.0191. The minimum Gasteiger partial charge on any atom is -0.490 e. The first-order valence-corrected chi connectivity index (χ1v) is 5.37. The van der Waals surface area contributed by atoms with E-state index in [1.54, 1.807) is 0 Å². The van der Waals surface area contributed by atoms with E-state index >= 15 is 0 Å². The maximum atomic E-state index is 12.7. The molecule has 1 aliphatic rings. The molecule has 4 heteroatoms. The van der Waals surface area contributed by atoms with E-state index in [4.69, 9.17) is 4.74 Å². The lowest BCUT2D eigenvalue weighted by atomic mass is 10.1. The summed E-state index contributed by atoms with van der Waals surface area (Å²) in [5.74, 6) is -0.0191. The first-order chi connectivity index (χ1) is 7.50. The summed E-state index contributed by atoms with van der Waals surface area (Å²) in [4.78, 5) is 0. The Kier molecular flexibility index (Phi) is 2.82. The number of alkyl halides is 3. The molecule has 1 nitrogen and oxygen atoms in total. The Morgan fingerprint density at radius 3 is 2.50 bits per heavy atom. The van der Waals surface area contributed by atoms with E-state index in [1.807, 2.05) is 6.92 Å². The molecule has 0 saturated heterocycles. The lowest BCUT2D eigenvalue weighted by Crippen LogP contribution is -2.10. The molecule has 0 N–H and O–H groups in total. The van der Waals surface area contributed by atoms with E-state index < -0.39 is 11.7 Å². The Morgan fingerprint density at radius 2 is 2.00 bits per heavy atom. The quantitative estimate of drug-likeness (QED) is 0.767. The third-order valence-electron chi connectivity index (χ3n) is 2.58. The monoisotopic (exact) mass is 230 g/mol. The number of benzene rings is 1. The Labute approximate surface area is 92.2 Å². The SMILES string of the molecule is CCc1ccc(C(F)(F)F)c(OC2CC2)c1. The van der Waals surface area contributed by atoms with Crippen molar-refractivity contribution >= 4 is 0 Å². The Balaban J connectivity index is 2.33. The highest BCUT2D eigenvalue weighted by Crippen LogP contribution is 2.39. The van der Waals surface area contributed by atoms with Gasteiger partial charge in [-0.1, -0.05) is 13.0 Å². The van der Waals surface area contributed by atoms with Crippen molar-refractivity contribution in [3.63, 3.8) is 0 Å². The molecular weight excluding hydrogens is 217 g/mol. The van der Waals surface area contributed by atoms with Gasteiger partial charge in [0.15, 0.2) is 0 Å². The molecule has 2 rings (SSSR count). The third kappa shape index (κ3) is 2.49. The van der Waals surface area contributed by atoms with Crippen molar-refractivity contribution in [3.05, 3.63) is 29.3 Å². The van der Waals surface area contributed by atoms with Crippen molar-refractivity contribution in [2.75, 3.05) is 0 Å². The van der Waals surface area contributed by atoms with E-state index in [0.717, 1.165) is 24.5 Å². The van der Waals surface area contributed by atoms with Crippen LogP contribution in [0.5, 0.6) is 5.75 Å². The van der Waals surface area contributed by atoms with Gasteiger partial charge in [0.1, 0.15) is 5.75 Å². The predicted molar refractivity (Wildman–Crippen MR) is 54.5 cm³/mol. The molecule has 0 aliphatic heterocycles. The van der Waals surface area contributed by atoms with E-state index in [2.05, 4.69) is 0 Å². The summed E-state index contributed by atoms with van der Waals surface area (Å²) in [6.07, 6.45) is -1.94. The molecular formula is C12H13F3O. The van der Waals surface area contributed by atoms with Crippen molar-refractivity contribution in [1.82, 2.24) is 0 Å². The van der Waals surface area contributed by atoms with Gasteiger partial charge in [-0.25, -0.2) is 0 Å². The fourth-order valence-corrected chi connectivity index (χ4v) is 1.48. The van der Waals surface area contributed by atoms with Gasteiger partial charge in [0.05, 0.1) is 11.7 Å². The molecule has 0 heterocycles. The van der Waals surface area contributed by atoms with E-state index in [9.17, 15) is 13.2 Å². The van der Waals surface area contributed by atoms with Gasteiger partial charge >= 0.3 is 6.18 Å². The molecule has 0 spiro atoms. The molecule has 0 amide bonds. The summed E-state index contributed by atoms with van der Waals surface area (Å²) in [6, 6.07) is 4.11. The third-order valence-corrected chi connectivity index (χ3v) is 2.58. The Bertz CT molecular complexity index is 380. The first-order valence-electron chi connectivity index (χ1n) is 5.37. The molecule has 1 aromatic carbocycles. The second-order valence-electron chi connectivity index (χ2n) is 4.00. The van der Waals surface area contributed by atoms with E-state index in [-0.39, 0.29) is 11.9 Å². The number of ether oxygens (including phenoxy) is 1. The van der Waals surface area contributed by atoms with Crippen molar-refractivity contribution in [2.45, 2.75) is 38.5 Å². The molecule has 0 unspecified atom stereocenters. The van der Waals surface area contributed by atoms with Crippen molar-refractivity contribution in [2.24, 2.45) is 0 Å². The fraction of sp³-hybridized carbons (Fsp3) is 0.500. The molecule has 88 valence electrons. The zero-order chi connectivity index (χ0) is 11.8. The molecule has 1 fully saturated rings. The molecule has 0 radical (unpaired) electrons. The van der Waals surface area contributed by atoms with Crippen LogP contribution in [0.4, 0.5) is 13.2 Å². The van der Waals surface area contributed by atoms with Gasteiger partial charge in [0.2, 0.25) is 0 Å². The smallest absolute Gasteiger partial charge is 0.419 e. The number of halogens is 3. The predicted octanol–water partition coefficient (Wildman–Crippen LogP) is 3.81. The summed E-state index contributed by atoms with van der Waals surface area (Å²) in [6.45, 7) is 1.91. The normalized spacial score (nSPS) is 16.2. The molecule has 1 aliphatic carbocycles. The van der Waals surface area contributed by atoms with Crippen LogP contribution in [0, 0.1) is 0 Å². The van der Waals surface area contributed by atoms with Crippen LogP contribution in [-0.4, -0.2) is 6.10 Å². The van der Waals surface area contributed by atoms with Crippen molar-refractivity contribution in [1.29, 1.82) is 0 Å². The van der Waals surface area contributed by atoms with Gasteiger partial charge in [-0.3, -0.25) is 0 Å². The van der Waals surface area contributed by atoms with Gasteiger partial charge in [-0.15, -0.1) is 0 Å². The second kappa shape index (κ2) is 4.00. The molecule has 0 bridgehead atoms. The summed E-state index contributed by atoms with van der Waals surface area (Å²) < 4.78 is 43.3. The van der Waals surface area contributed by atoms with Crippen LogP contribution in [0.3, 0.4) is 0 Å². The highest BCUT2D eigenvalue weighted by molar-refractivity contribution is 5.40. The Hall–Kier alpha value is -1.19. The molecule has 16 heavy (non-hydrogen) atoms. The summed E-state index contributed by atoms with van der Waals surface area (Å²) in [5.41, 5.74) is 0.195. The van der Waals surface area contributed by atoms with Crippen LogP contribution in [0.2, 0.25) is 0 Å². The van der Waals surface area contributed by atoms with Crippen molar-refractivity contribution < 1.29 is 17.9 Å². The lowest BCUT2D eigenvalue weighted by Gasteiger charge is -2.14. The maximum Gasteiger partial charge on any atom is 0.419 e. The minimum atomic E-state index is -4.34. The average Bonchev–Trinajstić information content (AvgIpc) is 3.00. The summed E-state index contributed by atoms with van der Waals surface area (Å²) in [5, 5.41) is 0. The molecule has 1 aromatic rings. The lowest BCUT2D eigenvalue weighted by molar-refractivity contribution is -0.139. The number of hydrogen-bond acceptors (Lipinski definition) is 1. The number of rotatable bonds is 3. The van der Waals surface area contributed by atoms with E-state index in [1.165, 1.54) is 12.1 Å². The molecule has 0 atom stereocenters. The van der Waals surface area contributed by atoms with Crippen LogP contribution in [0.1, 0.15) is 30.9 Å². The molecule has 1 saturated carbocycles. The Morgan fingerprint density at radius 1 is 1.31 bits per heavy atom. The van der Waals surface area contributed by atoms with Gasteiger partial charge in [-0.05, 0) is 37.0 Å². The van der Waals surface area contributed by atoms with Crippen LogP contribution in [-0.2, 0) is 12.6 Å². The average molecular weight is 230 g/mol. The van der Waals surface area contributed by atoms with Crippen LogP contribution >= 0.6 is 0 Å². The fourth-order valence-electron chi connectivity index (χ4n) is 1.48. The molecule has 0 aromatic heterocycles. The van der Waals surface area contributed by atoms with Crippen LogP contribution in [0.25, 0.3) is 0 Å². The standard InChI is InChI=1S/C12H13F3O/c1-2-8-3-6-10(12(13,14)15)11(7-8)16-9-4-5-9/h3,6-7,9H,2,4-5H2,1H3. The maximum absolute atomic E-state index is 12.7. The number of aryl methyl sites for hydroxylation is 1. The van der Waals surface area contributed by atoms with Gasteiger partial charge in [0.25, 0.3) is 0 Å².